The molecule has 0 fully saturated rings. The number of unbranched alkanes of at least 4 members (excludes halogenated alkanes) is 5. The minimum atomic E-state index is 0.744. The van der Waals surface area contributed by atoms with E-state index in [0.29, 0.717) is 0 Å². The Bertz CT molecular complexity index is 352. The zero-order chi connectivity index (χ0) is 13.4. The smallest absolute Gasteiger partial charge is 0.0612 e. The van der Waals surface area contributed by atoms with Gasteiger partial charge < -0.3 is 10.6 Å². The summed E-state index contributed by atoms with van der Waals surface area (Å²) < 4.78 is 0. The molecule has 0 aliphatic rings. The lowest BCUT2D eigenvalue weighted by molar-refractivity contribution is 0.606. The van der Waals surface area contributed by atoms with Gasteiger partial charge in [-0.05, 0) is 24.6 Å². The van der Waals surface area contributed by atoms with Gasteiger partial charge in [0.1, 0.15) is 0 Å². The third-order valence-corrected chi connectivity index (χ3v) is 3.49. The van der Waals surface area contributed by atoms with Crippen LogP contribution in [0, 0.1) is 0 Å². The van der Waals surface area contributed by atoms with Crippen molar-refractivity contribution in [2.24, 2.45) is 0 Å². The van der Waals surface area contributed by atoms with E-state index in [0.717, 1.165) is 22.9 Å². The summed E-state index contributed by atoms with van der Waals surface area (Å²) in [6.07, 6.45) is 7.87. The second kappa shape index (κ2) is 8.25. The van der Waals surface area contributed by atoms with Gasteiger partial charge in [0.25, 0.3) is 0 Å². The van der Waals surface area contributed by atoms with Gasteiger partial charge in [0.15, 0.2) is 0 Å². The zero-order valence-corrected chi connectivity index (χ0v) is 12.3. The minimum Gasteiger partial charge on any atom is -0.397 e. The third kappa shape index (κ3) is 5.18. The van der Waals surface area contributed by atoms with Gasteiger partial charge in [0.2, 0.25) is 0 Å². The first kappa shape index (κ1) is 15.2. The van der Waals surface area contributed by atoms with Crippen LogP contribution in [0.2, 0.25) is 5.02 Å². The molecule has 18 heavy (non-hydrogen) atoms. The van der Waals surface area contributed by atoms with Crippen LogP contribution < -0.4 is 10.6 Å². The van der Waals surface area contributed by atoms with Gasteiger partial charge >= 0.3 is 0 Å². The molecule has 1 aromatic rings. The van der Waals surface area contributed by atoms with Gasteiger partial charge in [0, 0.05) is 18.6 Å². The van der Waals surface area contributed by atoms with Crippen LogP contribution in [-0.2, 0) is 0 Å². The average Bonchev–Trinajstić information content (AvgIpc) is 2.36. The van der Waals surface area contributed by atoms with Crippen LogP contribution in [0.15, 0.2) is 18.2 Å². The van der Waals surface area contributed by atoms with Crippen LogP contribution in [0.3, 0.4) is 0 Å². The number of halogens is 1. The topological polar surface area (TPSA) is 29.3 Å². The van der Waals surface area contributed by atoms with Crippen LogP contribution >= 0.6 is 11.6 Å². The number of hydrogen-bond acceptors (Lipinski definition) is 2. The van der Waals surface area contributed by atoms with Gasteiger partial charge in [-0.15, -0.1) is 0 Å². The molecular weight excluding hydrogens is 244 g/mol. The van der Waals surface area contributed by atoms with Crippen molar-refractivity contribution < 1.29 is 0 Å². The summed E-state index contributed by atoms with van der Waals surface area (Å²) in [7, 11) is 2.08. The first-order valence-corrected chi connectivity index (χ1v) is 7.29. The van der Waals surface area contributed by atoms with Crippen LogP contribution in [0.5, 0.6) is 0 Å². The van der Waals surface area contributed by atoms with Crippen LogP contribution in [-0.4, -0.2) is 13.6 Å². The van der Waals surface area contributed by atoms with Crippen LogP contribution in [0.4, 0.5) is 11.4 Å². The molecule has 1 rings (SSSR count). The summed E-state index contributed by atoms with van der Waals surface area (Å²) >= 11 is 6.00. The first-order chi connectivity index (χ1) is 8.65. The van der Waals surface area contributed by atoms with E-state index in [1.807, 2.05) is 18.2 Å². The highest BCUT2D eigenvalue weighted by Crippen LogP contribution is 2.26. The van der Waals surface area contributed by atoms with E-state index >= 15 is 0 Å². The molecule has 1 aromatic carbocycles. The summed E-state index contributed by atoms with van der Waals surface area (Å²) in [6.45, 7) is 3.28. The Morgan fingerprint density at radius 2 is 1.78 bits per heavy atom. The second-order valence-corrected chi connectivity index (χ2v) is 5.33. The predicted octanol–water partition coefficient (Wildman–Crippen LogP) is 4.72. The number of benzene rings is 1. The lowest BCUT2D eigenvalue weighted by Crippen LogP contribution is -2.19. The minimum absolute atomic E-state index is 0.744. The molecule has 2 nitrogen and oxygen atoms in total. The lowest BCUT2D eigenvalue weighted by Gasteiger charge is -2.21. The number of rotatable bonds is 8. The van der Waals surface area contributed by atoms with Crippen molar-refractivity contribution in [1.29, 1.82) is 0 Å². The lowest BCUT2D eigenvalue weighted by atomic mass is 10.1. The van der Waals surface area contributed by atoms with Crippen molar-refractivity contribution in [1.82, 2.24) is 0 Å². The van der Waals surface area contributed by atoms with Gasteiger partial charge in [-0.3, -0.25) is 0 Å². The largest absolute Gasteiger partial charge is 0.397 e. The maximum absolute atomic E-state index is 6.00. The Morgan fingerprint density at radius 3 is 2.50 bits per heavy atom. The van der Waals surface area contributed by atoms with Crippen molar-refractivity contribution in [2.45, 2.75) is 45.4 Å². The van der Waals surface area contributed by atoms with Crippen molar-refractivity contribution in [3.63, 3.8) is 0 Å². The standard InChI is InChI=1S/C15H25ClN2/c1-3-4-5-6-7-8-11-18(2)15-12-13(16)9-10-14(15)17/h9-10,12H,3-8,11,17H2,1-2H3. The number of anilines is 2. The Balaban J connectivity index is 2.31. The highest BCUT2D eigenvalue weighted by molar-refractivity contribution is 6.31. The fraction of sp³-hybridized carbons (Fsp3) is 0.600. The summed E-state index contributed by atoms with van der Waals surface area (Å²) in [5.41, 5.74) is 7.80. The van der Waals surface area contributed by atoms with Gasteiger partial charge in [-0.1, -0.05) is 50.6 Å². The van der Waals surface area contributed by atoms with Crippen molar-refractivity contribution in [3.05, 3.63) is 23.2 Å². The maximum atomic E-state index is 6.00. The van der Waals surface area contributed by atoms with E-state index in [2.05, 4.69) is 18.9 Å². The molecule has 0 aliphatic carbocycles. The number of nitrogen functional groups attached to an aromatic ring is 1. The molecule has 102 valence electrons. The van der Waals surface area contributed by atoms with Crippen molar-refractivity contribution in [2.75, 3.05) is 24.2 Å². The van der Waals surface area contributed by atoms with E-state index in [1.54, 1.807) is 0 Å². The van der Waals surface area contributed by atoms with E-state index in [-0.39, 0.29) is 0 Å². The molecule has 0 heterocycles. The SMILES string of the molecule is CCCCCCCCN(C)c1cc(Cl)ccc1N. The molecule has 0 saturated carbocycles. The Morgan fingerprint density at radius 1 is 1.11 bits per heavy atom. The number of hydrogen-bond donors (Lipinski definition) is 1. The molecular formula is C15H25ClN2. The molecule has 0 amide bonds. The van der Waals surface area contributed by atoms with Gasteiger partial charge in [0.05, 0.1) is 11.4 Å². The summed E-state index contributed by atoms with van der Waals surface area (Å²) in [5.74, 6) is 0. The molecule has 0 aromatic heterocycles. The summed E-state index contributed by atoms with van der Waals surface area (Å²) in [6, 6.07) is 5.64. The zero-order valence-electron chi connectivity index (χ0n) is 11.6. The third-order valence-electron chi connectivity index (χ3n) is 3.25. The molecule has 0 spiro atoms. The number of nitrogens with two attached hydrogens (primary N) is 1. The molecule has 0 radical (unpaired) electrons. The fourth-order valence-electron chi connectivity index (χ4n) is 2.10. The monoisotopic (exact) mass is 268 g/mol. The van der Waals surface area contributed by atoms with Crippen molar-refractivity contribution >= 4 is 23.0 Å². The van der Waals surface area contributed by atoms with Crippen molar-refractivity contribution in [3.8, 4) is 0 Å². The summed E-state index contributed by atoms with van der Waals surface area (Å²) in [5, 5.41) is 0.744. The Labute approximate surface area is 116 Å². The Hall–Kier alpha value is -0.890. The van der Waals surface area contributed by atoms with E-state index < -0.39 is 0 Å². The summed E-state index contributed by atoms with van der Waals surface area (Å²) in [4.78, 5) is 2.20. The average molecular weight is 269 g/mol. The fourth-order valence-corrected chi connectivity index (χ4v) is 2.26. The van der Waals surface area contributed by atoms with E-state index in [9.17, 15) is 0 Å². The molecule has 2 N–H and O–H groups in total. The molecule has 3 heteroatoms. The van der Waals surface area contributed by atoms with Gasteiger partial charge in [-0.2, -0.15) is 0 Å². The normalized spacial score (nSPS) is 10.6. The van der Waals surface area contributed by atoms with E-state index in [4.69, 9.17) is 17.3 Å². The molecule has 0 unspecified atom stereocenters. The Kier molecular flexibility index (Phi) is 6.96. The molecule has 0 saturated heterocycles. The van der Waals surface area contributed by atoms with E-state index in [1.165, 1.54) is 38.5 Å². The molecule has 0 atom stereocenters. The van der Waals surface area contributed by atoms with Crippen LogP contribution in [0.1, 0.15) is 45.4 Å². The predicted molar refractivity (Wildman–Crippen MR) is 82.5 cm³/mol. The quantitative estimate of drug-likeness (QED) is 0.546. The molecule has 0 aliphatic heterocycles. The second-order valence-electron chi connectivity index (χ2n) is 4.89. The first-order valence-electron chi connectivity index (χ1n) is 6.91. The highest BCUT2D eigenvalue weighted by atomic mass is 35.5. The highest BCUT2D eigenvalue weighted by Gasteiger charge is 2.05. The molecule has 0 bridgehead atoms. The van der Waals surface area contributed by atoms with Crippen LogP contribution in [0.25, 0.3) is 0 Å². The maximum Gasteiger partial charge on any atom is 0.0612 e. The number of nitrogens with zero attached hydrogens (tertiary/aromatic N) is 1. The van der Waals surface area contributed by atoms with Gasteiger partial charge in [-0.25, -0.2) is 0 Å².